The number of nitrogens with one attached hydrogen (secondary N) is 2. The number of hydrogen-bond donors (Lipinski definition) is 2. The molecule has 0 aliphatic rings. The van der Waals surface area contributed by atoms with Gasteiger partial charge < -0.3 is 19.8 Å². The zero-order valence-corrected chi connectivity index (χ0v) is 19.2. The first-order chi connectivity index (χ1) is 15.9. The van der Waals surface area contributed by atoms with Gasteiger partial charge in [-0.1, -0.05) is 29.8 Å². The molecule has 0 bridgehead atoms. The van der Waals surface area contributed by atoms with Crippen LogP contribution in [0.1, 0.15) is 15.2 Å². The highest BCUT2D eigenvalue weighted by atomic mass is 35.5. The minimum absolute atomic E-state index is 0.0694. The van der Waals surface area contributed by atoms with E-state index < -0.39 is 11.2 Å². The van der Waals surface area contributed by atoms with E-state index in [1.807, 2.05) is 18.2 Å². The molecule has 0 spiro atoms. The maximum absolute atomic E-state index is 13.1. The molecule has 0 unspecified atom stereocenters. The van der Waals surface area contributed by atoms with Crippen LogP contribution in [0.4, 0.5) is 0 Å². The predicted molar refractivity (Wildman–Crippen MR) is 126 cm³/mol. The summed E-state index contributed by atoms with van der Waals surface area (Å²) in [6, 6.07) is 11.9. The molecule has 0 radical (unpaired) electrons. The SMILES string of the molecule is COc1ccc(-n2c(=O)[nH]c3cc(C(=O)NCCc4ccccc4Cl)sc3c2=O)nc1OC. The van der Waals surface area contributed by atoms with Crippen molar-refractivity contribution < 1.29 is 14.3 Å². The van der Waals surface area contributed by atoms with Crippen molar-refractivity contribution in [1.29, 1.82) is 0 Å². The molecule has 3 heterocycles. The largest absolute Gasteiger partial charge is 0.491 e. The number of halogens is 1. The summed E-state index contributed by atoms with van der Waals surface area (Å²) in [5, 5.41) is 3.45. The van der Waals surface area contributed by atoms with Crippen LogP contribution < -0.4 is 26.0 Å². The van der Waals surface area contributed by atoms with Gasteiger partial charge in [-0.25, -0.2) is 9.36 Å². The number of carbonyl (C=O) groups excluding carboxylic acids is 1. The van der Waals surface area contributed by atoms with Crippen LogP contribution >= 0.6 is 22.9 Å². The number of aromatic amines is 1. The van der Waals surface area contributed by atoms with E-state index in [0.29, 0.717) is 28.6 Å². The van der Waals surface area contributed by atoms with Crippen LogP contribution in [0.5, 0.6) is 11.6 Å². The summed E-state index contributed by atoms with van der Waals surface area (Å²) in [6.07, 6.45) is 0.560. The average Bonchev–Trinajstić information content (AvgIpc) is 3.24. The van der Waals surface area contributed by atoms with Crippen molar-refractivity contribution in [3.8, 4) is 17.4 Å². The number of hydrogen-bond acceptors (Lipinski definition) is 7. The first-order valence-electron chi connectivity index (χ1n) is 9.82. The Labute approximate surface area is 196 Å². The van der Waals surface area contributed by atoms with Gasteiger partial charge in [-0.15, -0.1) is 11.3 Å². The maximum atomic E-state index is 13.1. The Balaban J connectivity index is 1.61. The van der Waals surface area contributed by atoms with Crippen LogP contribution in [0.25, 0.3) is 16.0 Å². The summed E-state index contributed by atoms with van der Waals surface area (Å²) >= 11 is 7.13. The number of fused-ring (bicyclic) bond motifs is 1. The molecule has 33 heavy (non-hydrogen) atoms. The summed E-state index contributed by atoms with van der Waals surface area (Å²) in [6.45, 7) is 0.368. The van der Waals surface area contributed by atoms with E-state index in [9.17, 15) is 14.4 Å². The lowest BCUT2D eigenvalue weighted by Gasteiger charge is -2.09. The lowest BCUT2D eigenvalue weighted by atomic mass is 10.1. The Bertz CT molecular complexity index is 1460. The predicted octanol–water partition coefficient (Wildman–Crippen LogP) is 2.78. The van der Waals surface area contributed by atoms with Gasteiger partial charge >= 0.3 is 5.69 Å². The Kier molecular flexibility index (Phi) is 6.47. The fourth-order valence-corrected chi connectivity index (χ4v) is 4.46. The maximum Gasteiger partial charge on any atom is 0.334 e. The van der Waals surface area contributed by atoms with Gasteiger partial charge in [-0.3, -0.25) is 9.59 Å². The van der Waals surface area contributed by atoms with E-state index in [-0.39, 0.29) is 27.8 Å². The summed E-state index contributed by atoms with van der Waals surface area (Å²) < 4.78 is 11.4. The number of methoxy groups -OCH3 is 2. The van der Waals surface area contributed by atoms with E-state index in [4.69, 9.17) is 21.1 Å². The fourth-order valence-electron chi connectivity index (χ4n) is 3.27. The van der Waals surface area contributed by atoms with E-state index in [1.165, 1.54) is 26.4 Å². The highest BCUT2D eigenvalue weighted by Gasteiger charge is 2.18. The highest BCUT2D eigenvalue weighted by Crippen LogP contribution is 2.25. The number of amides is 1. The topological polar surface area (TPSA) is 115 Å². The van der Waals surface area contributed by atoms with E-state index >= 15 is 0 Å². The summed E-state index contributed by atoms with van der Waals surface area (Å²) in [7, 11) is 2.86. The van der Waals surface area contributed by atoms with Gasteiger partial charge in [0.15, 0.2) is 5.75 Å². The first kappa shape index (κ1) is 22.6. The zero-order chi connectivity index (χ0) is 23.5. The van der Waals surface area contributed by atoms with Gasteiger partial charge in [0.2, 0.25) is 0 Å². The molecule has 9 nitrogen and oxygen atoms in total. The van der Waals surface area contributed by atoms with Crippen molar-refractivity contribution >= 4 is 39.1 Å². The molecule has 0 saturated heterocycles. The normalized spacial score (nSPS) is 10.9. The molecule has 4 rings (SSSR count). The van der Waals surface area contributed by atoms with E-state index in [2.05, 4.69) is 15.3 Å². The van der Waals surface area contributed by atoms with Crippen molar-refractivity contribution in [2.45, 2.75) is 6.42 Å². The molecule has 0 aliphatic carbocycles. The molecule has 3 aromatic heterocycles. The number of nitrogens with zero attached hydrogens (tertiary/aromatic N) is 2. The number of thiophene rings is 1. The molecule has 1 amide bonds. The smallest absolute Gasteiger partial charge is 0.334 e. The van der Waals surface area contributed by atoms with Crippen LogP contribution in [0.2, 0.25) is 5.02 Å². The van der Waals surface area contributed by atoms with Crippen molar-refractivity contribution in [1.82, 2.24) is 19.9 Å². The third kappa shape index (κ3) is 4.48. The van der Waals surface area contributed by atoms with Crippen molar-refractivity contribution in [3.63, 3.8) is 0 Å². The molecule has 170 valence electrons. The van der Waals surface area contributed by atoms with Gasteiger partial charge in [-0.2, -0.15) is 4.98 Å². The lowest BCUT2D eigenvalue weighted by molar-refractivity contribution is 0.0958. The lowest BCUT2D eigenvalue weighted by Crippen LogP contribution is -2.33. The van der Waals surface area contributed by atoms with Gasteiger partial charge in [0.1, 0.15) is 10.5 Å². The second-order valence-corrected chi connectivity index (χ2v) is 8.36. The molecule has 2 N–H and O–H groups in total. The minimum Gasteiger partial charge on any atom is -0.491 e. The number of H-pyrrole nitrogens is 1. The fraction of sp³-hybridized carbons (Fsp3) is 0.182. The highest BCUT2D eigenvalue weighted by molar-refractivity contribution is 7.20. The Morgan fingerprint density at radius 3 is 2.70 bits per heavy atom. The second kappa shape index (κ2) is 9.47. The average molecular weight is 487 g/mol. The number of rotatable bonds is 7. The van der Waals surface area contributed by atoms with E-state index in [1.54, 1.807) is 12.1 Å². The molecule has 1 aromatic carbocycles. The molecule has 0 saturated carbocycles. The van der Waals surface area contributed by atoms with E-state index in [0.717, 1.165) is 21.5 Å². The summed E-state index contributed by atoms with van der Waals surface area (Å²) in [5.74, 6) is 0.212. The number of benzene rings is 1. The van der Waals surface area contributed by atoms with Crippen molar-refractivity contribution in [2.75, 3.05) is 20.8 Å². The standard InChI is InChI=1S/C22H19ClN4O5S/c1-31-15-7-8-17(26-20(15)32-2)27-21(29)18-14(25-22(27)30)11-16(33-18)19(28)24-10-9-12-5-3-4-6-13(12)23/h3-8,11H,9-10H2,1-2H3,(H,24,28)(H,25,30). The first-order valence-corrected chi connectivity index (χ1v) is 11.0. The summed E-state index contributed by atoms with van der Waals surface area (Å²) in [5.41, 5.74) is -0.0716. The molecular weight excluding hydrogens is 468 g/mol. The molecule has 0 fully saturated rings. The van der Waals surface area contributed by atoms with Crippen LogP contribution in [-0.2, 0) is 6.42 Å². The quantitative estimate of drug-likeness (QED) is 0.415. The number of carbonyl (C=O) groups is 1. The number of ether oxygens (including phenoxy) is 2. The Morgan fingerprint density at radius 1 is 1.18 bits per heavy atom. The van der Waals surface area contributed by atoms with Gasteiger partial charge in [-0.05, 0) is 36.2 Å². The third-order valence-corrected chi connectivity index (χ3v) is 6.38. The Hall–Kier alpha value is -3.63. The number of aromatic nitrogens is 3. The van der Waals surface area contributed by atoms with Gasteiger partial charge in [0.25, 0.3) is 17.3 Å². The van der Waals surface area contributed by atoms with Crippen molar-refractivity contribution in [2.24, 2.45) is 0 Å². The zero-order valence-electron chi connectivity index (χ0n) is 17.7. The number of pyridine rings is 1. The van der Waals surface area contributed by atoms with Crippen LogP contribution in [0, 0.1) is 0 Å². The van der Waals surface area contributed by atoms with Gasteiger partial charge in [0.05, 0.1) is 24.6 Å². The summed E-state index contributed by atoms with van der Waals surface area (Å²) in [4.78, 5) is 45.5. The molecule has 11 heteroatoms. The molecule has 0 aliphatic heterocycles. The third-order valence-electron chi connectivity index (χ3n) is 4.89. The van der Waals surface area contributed by atoms with Crippen LogP contribution in [0.3, 0.4) is 0 Å². The minimum atomic E-state index is -0.685. The van der Waals surface area contributed by atoms with Gasteiger partial charge in [0, 0.05) is 11.6 Å². The second-order valence-electron chi connectivity index (χ2n) is 6.90. The molecule has 0 atom stereocenters. The Morgan fingerprint density at radius 2 is 1.97 bits per heavy atom. The molecular formula is C22H19ClN4O5S. The monoisotopic (exact) mass is 486 g/mol. The van der Waals surface area contributed by atoms with Crippen molar-refractivity contribution in [3.05, 3.63) is 78.8 Å². The van der Waals surface area contributed by atoms with Crippen LogP contribution in [0.15, 0.2) is 52.1 Å². The molecule has 4 aromatic rings. The van der Waals surface area contributed by atoms with Crippen LogP contribution in [-0.4, -0.2) is 41.2 Å².